The molecule has 0 aliphatic carbocycles. The molecule has 10 nitrogen and oxygen atoms in total. The van der Waals surface area contributed by atoms with Gasteiger partial charge in [-0.25, -0.2) is 9.69 Å². The van der Waals surface area contributed by atoms with Crippen LogP contribution in [0.3, 0.4) is 0 Å². The first-order valence-electron chi connectivity index (χ1n) is 10.5. The quantitative estimate of drug-likeness (QED) is 0.353. The van der Waals surface area contributed by atoms with Crippen LogP contribution in [-0.2, 0) is 25.7 Å². The Hall–Kier alpha value is -4.60. The van der Waals surface area contributed by atoms with Crippen molar-refractivity contribution in [2.75, 3.05) is 18.3 Å². The summed E-state index contributed by atoms with van der Waals surface area (Å²) in [4.78, 5) is 51.3. The van der Waals surface area contributed by atoms with Crippen LogP contribution in [0.2, 0.25) is 0 Å². The third kappa shape index (κ3) is 3.64. The van der Waals surface area contributed by atoms with Crippen molar-refractivity contribution in [1.82, 2.24) is 9.88 Å². The van der Waals surface area contributed by atoms with Crippen LogP contribution in [0.1, 0.15) is 12.5 Å². The fraction of sp³-hybridized carbons (Fsp3) is 0.167. The highest BCUT2D eigenvalue weighted by atomic mass is 16.7. The molecule has 5 rings (SSSR count). The number of benzene rings is 2. The summed E-state index contributed by atoms with van der Waals surface area (Å²) in [5.74, 6) is -1.12. The second-order valence-corrected chi connectivity index (χ2v) is 7.53. The van der Waals surface area contributed by atoms with Crippen LogP contribution in [0.15, 0.2) is 54.2 Å². The lowest BCUT2D eigenvalue weighted by molar-refractivity contribution is -0.143. The van der Waals surface area contributed by atoms with E-state index in [-0.39, 0.29) is 31.2 Å². The first kappa shape index (κ1) is 21.3. The molecule has 10 heteroatoms. The minimum atomic E-state index is -0.865. The van der Waals surface area contributed by atoms with Crippen molar-refractivity contribution >= 4 is 46.5 Å². The number of hydrogen-bond acceptors (Lipinski definition) is 7. The highest BCUT2D eigenvalue weighted by molar-refractivity contribution is 6.39. The maximum Gasteiger partial charge on any atom is 0.335 e. The smallest absolute Gasteiger partial charge is 0.335 e. The summed E-state index contributed by atoms with van der Waals surface area (Å²) in [6.07, 6.45) is 3.07. The number of para-hydroxylation sites is 1. The zero-order valence-electron chi connectivity index (χ0n) is 18.1. The summed E-state index contributed by atoms with van der Waals surface area (Å²) in [6, 6.07) is 11.0. The number of anilines is 1. The Morgan fingerprint density at radius 2 is 1.91 bits per heavy atom. The number of fused-ring (bicyclic) bond motifs is 2. The molecule has 3 aromatic rings. The van der Waals surface area contributed by atoms with Gasteiger partial charge in [0.25, 0.3) is 11.8 Å². The van der Waals surface area contributed by atoms with E-state index in [4.69, 9.17) is 14.2 Å². The van der Waals surface area contributed by atoms with Gasteiger partial charge in [0, 0.05) is 28.7 Å². The molecule has 1 saturated heterocycles. The number of carbonyl (C=O) groups excluding carboxylic acids is 4. The van der Waals surface area contributed by atoms with Gasteiger partial charge in [-0.2, -0.15) is 0 Å². The van der Waals surface area contributed by atoms with E-state index in [0.29, 0.717) is 17.1 Å². The van der Waals surface area contributed by atoms with E-state index in [1.165, 1.54) is 18.2 Å². The van der Waals surface area contributed by atoms with Gasteiger partial charge < -0.3 is 18.8 Å². The zero-order valence-corrected chi connectivity index (χ0v) is 18.1. The van der Waals surface area contributed by atoms with Gasteiger partial charge in [-0.3, -0.25) is 19.7 Å². The molecule has 2 aliphatic rings. The number of rotatable bonds is 5. The number of hydrogen-bond donors (Lipinski definition) is 1. The number of nitrogens with zero attached hydrogens (tertiary/aromatic N) is 2. The Bertz CT molecular complexity index is 1390. The van der Waals surface area contributed by atoms with Gasteiger partial charge in [0.05, 0.1) is 12.3 Å². The van der Waals surface area contributed by atoms with E-state index in [1.54, 1.807) is 23.8 Å². The number of urea groups is 1. The van der Waals surface area contributed by atoms with E-state index in [0.717, 1.165) is 15.8 Å². The van der Waals surface area contributed by atoms with E-state index < -0.39 is 23.8 Å². The molecule has 0 bridgehead atoms. The van der Waals surface area contributed by atoms with Crippen LogP contribution in [0.5, 0.6) is 11.5 Å². The van der Waals surface area contributed by atoms with Crippen molar-refractivity contribution in [2.45, 2.75) is 13.5 Å². The fourth-order valence-corrected chi connectivity index (χ4v) is 3.94. The maximum atomic E-state index is 13.3. The molecule has 34 heavy (non-hydrogen) atoms. The minimum Gasteiger partial charge on any atom is -0.465 e. The topological polar surface area (TPSA) is 116 Å². The second-order valence-electron chi connectivity index (χ2n) is 7.53. The van der Waals surface area contributed by atoms with Gasteiger partial charge in [-0.15, -0.1) is 0 Å². The summed E-state index contributed by atoms with van der Waals surface area (Å²) >= 11 is 0. The van der Waals surface area contributed by atoms with Crippen LogP contribution in [0.4, 0.5) is 10.5 Å². The molecule has 2 aromatic carbocycles. The molecule has 0 unspecified atom stereocenters. The first-order valence-corrected chi connectivity index (χ1v) is 10.5. The third-order valence-corrected chi connectivity index (χ3v) is 5.44. The Balaban J connectivity index is 1.54. The van der Waals surface area contributed by atoms with Crippen molar-refractivity contribution in [3.63, 3.8) is 0 Å². The predicted molar refractivity (Wildman–Crippen MR) is 120 cm³/mol. The molecule has 172 valence electrons. The van der Waals surface area contributed by atoms with E-state index in [9.17, 15) is 19.2 Å². The van der Waals surface area contributed by atoms with Gasteiger partial charge in [-0.05, 0) is 31.2 Å². The van der Waals surface area contributed by atoms with Crippen LogP contribution in [0.25, 0.3) is 17.0 Å². The summed E-state index contributed by atoms with van der Waals surface area (Å²) in [6.45, 7) is 1.99. The highest BCUT2D eigenvalue weighted by Gasteiger charge is 2.37. The highest BCUT2D eigenvalue weighted by Crippen LogP contribution is 2.36. The van der Waals surface area contributed by atoms with E-state index in [1.807, 2.05) is 24.3 Å². The molecule has 0 atom stereocenters. The number of aromatic nitrogens is 1. The van der Waals surface area contributed by atoms with Crippen LogP contribution in [0, 0.1) is 0 Å². The second kappa shape index (κ2) is 8.39. The Labute approximate surface area is 193 Å². The molecule has 0 radical (unpaired) electrons. The number of imide groups is 2. The van der Waals surface area contributed by atoms with Gasteiger partial charge in [0.1, 0.15) is 12.1 Å². The Morgan fingerprint density at radius 3 is 2.74 bits per heavy atom. The lowest BCUT2D eigenvalue weighted by Gasteiger charge is -2.26. The molecule has 1 aromatic heterocycles. The zero-order chi connectivity index (χ0) is 23.8. The summed E-state index contributed by atoms with van der Waals surface area (Å²) in [5, 5.41) is 2.93. The molecule has 2 aliphatic heterocycles. The van der Waals surface area contributed by atoms with Crippen molar-refractivity contribution in [1.29, 1.82) is 0 Å². The summed E-state index contributed by atoms with van der Waals surface area (Å²) in [7, 11) is 0. The first-order chi connectivity index (χ1) is 16.5. The standard InChI is InChI=1S/C24H19N3O7/c1-2-32-21(28)12-26-11-14(16-5-3-4-6-18(16)26)9-17-22(29)25-24(31)27(23(17)30)15-7-8-19-20(10-15)34-13-33-19/h3-11H,2,12-13H2,1H3,(H,25,29,31)/b17-9-. The number of esters is 1. The lowest BCUT2D eigenvalue weighted by Crippen LogP contribution is -2.54. The lowest BCUT2D eigenvalue weighted by atomic mass is 10.1. The molecule has 3 heterocycles. The predicted octanol–water partition coefficient (Wildman–Crippen LogP) is 2.60. The Kier molecular flexibility index (Phi) is 5.25. The average molecular weight is 461 g/mol. The van der Waals surface area contributed by atoms with Gasteiger partial charge >= 0.3 is 12.0 Å². The van der Waals surface area contributed by atoms with Crippen molar-refractivity contribution in [3.05, 3.63) is 59.8 Å². The number of ether oxygens (including phenoxy) is 3. The van der Waals surface area contributed by atoms with Crippen molar-refractivity contribution in [2.24, 2.45) is 0 Å². The van der Waals surface area contributed by atoms with Crippen molar-refractivity contribution in [3.8, 4) is 11.5 Å². The largest absolute Gasteiger partial charge is 0.465 e. The van der Waals surface area contributed by atoms with Gasteiger partial charge in [0.15, 0.2) is 11.5 Å². The molecule has 0 spiro atoms. The Morgan fingerprint density at radius 1 is 1.12 bits per heavy atom. The normalized spacial score (nSPS) is 16.3. The monoisotopic (exact) mass is 461 g/mol. The van der Waals surface area contributed by atoms with E-state index >= 15 is 0 Å². The van der Waals surface area contributed by atoms with Gasteiger partial charge in [-0.1, -0.05) is 18.2 Å². The van der Waals surface area contributed by atoms with E-state index in [2.05, 4.69) is 5.32 Å². The summed E-state index contributed by atoms with van der Waals surface area (Å²) in [5.41, 5.74) is 1.28. The van der Waals surface area contributed by atoms with Crippen LogP contribution < -0.4 is 19.7 Å². The minimum absolute atomic E-state index is 0.0283. The molecule has 0 saturated carbocycles. The van der Waals surface area contributed by atoms with Crippen LogP contribution in [-0.4, -0.2) is 41.8 Å². The van der Waals surface area contributed by atoms with Crippen LogP contribution >= 0.6 is 0 Å². The summed E-state index contributed by atoms with van der Waals surface area (Å²) < 4.78 is 17.3. The number of carbonyl (C=O) groups is 4. The fourth-order valence-electron chi connectivity index (χ4n) is 3.94. The van der Waals surface area contributed by atoms with Gasteiger partial charge in [0.2, 0.25) is 6.79 Å². The molecule has 1 N–H and O–H groups in total. The molecule has 1 fully saturated rings. The molecular formula is C24H19N3O7. The van der Waals surface area contributed by atoms with Crippen molar-refractivity contribution < 1.29 is 33.4 Å². The SMILES string of the molecule is CCOC(=O)Cn1cc(/C=C2/C(=O)NC(=O)N(c3ccc4c(c3)OCO4)C2=O)c2ccccc21. The third-order valence-electron chi connectivity index (χ3n) is 5.44. The number of barbiturate groups is 1. The molecular weight excluding hydrogens is 442 g/mol. The average Bonchev–Trinajstić information content (AvgIpc) is 3.41. The molecule has 4 amide bonds. The number of amides is 4. The number of nitrogens with one attached hydrogen (secondary N) is 1. The maximum absolute atomic E-state index is 13.3.